The van der Waals surface area contributed by atoms with Gasteiger partial charge in [0.15, 0.2) is 0 Å². The van der Waals surface area contributed by atoms with Crippen molar-refractivity contribution in [3.8, 4) is 11.4 Å². The maximum absolute atomic E-state index is 13.7. The molecule has 17 heteroatoms. The first-order valence-electron chi connectivity index (χ1n) is 18.5. The molecule has 3 aromatic rings. The number of rotatable bonds is 14. The van der Waals surface area contributed by atoms with Gasteiger partial charge in [0.05, 0.1) is 60.7 Å². The second-order valence-electron chi connectivity index (χ2n) is 14.7. The smallest absolute Gasteiger partial charge is 0.310 e. The third kappa shape index (κ3) is 7.45. The van der Waals surface area contributed by atoms with Crippen molar-refractivity contribution in [1.82, 2.24) is 30.8 Å². The van der Waals surface area contributed by atoms with Gasteiger partial charge in [-0.15, -0.1) is 0 Å². The molecule has 55 heavy (non-hydrogen) atoms. The number of nitrogens with two attached hydrogens (primary N) is 1. The number of hydrogen-bond donors (Lipinski definition) is 6. The zero-order valence-electron chi connectivity index (χ0n) is 30.8. The van der Waals surface area contributed by atoms with E-state index in [1.54, 1.807) is 4.57 Å². The molecular weight excluding hydrogens is 709 g/mol. The van der Waals surface area contributed by atoms with Crippen LogP contribution in [-0.2, 0) is 59.4 Å². The minimum absolute atomic E-state index is 0.0228. The summed E-state index contributed by atoms with van der Waals surface area (Å²) in [7, 11) is 2.10. The maximum atomic E-state index is 13.7. The summed E-state index contributed by atoms with van der Waals surface area (Å²) in [6, 6.07) is 2.85. The first-order valence-corrected chi connectivity index (χ1v) is 18.5. The van der Waals surface area contributed by atoms with E-state index in [-0.39, 0.29) is 75.3 Å². The highest BCUT2D eigenvalue weighted by atomic mass is 16.5. The van der Waals surface area contributed by atoms with Crippen molar-refractivity contribution in [2.75, 3.05) is 19.8 Å². The summed E-state index contributed by atoms with van der Waals surface area (Å²) in [6.45, 7) is 6.10. The van der Waals surface area contributed by atoms with Gasteiger partial charge in [-0.25, -0.2) is 4.98 Å². The van der Waals surface area contributed by atoms with Crippen LogP contribution in [0, 0.1) is 12.8 Å². The van der Waals surface area contributed by atoms with E-state index in [9.17, 15) is 28.8 Å². The van der Waals surface area contributed by atoms with Crippen molar-refractivity contribution in [1.29, 1.82) is 0 Å². The third-order valence-corrected chi connectivity index (χ3v) is 11.3. The summed E-state index contributed by atoms with van der Waals surface area (Å²) in [5.74, 6) is -3.16. The predicted octanol–water partition coefficient (Wildman–Crippen LogP) is -1.02. The van der Waals surface area contributed by atoms with Crippen LogP contribution in [0.15, 0.2) is 29.2 Å². The molecule has 7 rings (SSSR count). The number of esters is 1. The van der Waals surface area contributed by atoms with E-state index < -0.39 is 29.7 Å². The number of fused-ring (bicyclic) bond motifs is 5. The standard InChI is InChI=1S/C38H44BN7O9/c1-17-22-3-4-26(35-23-14-46-29(36(23)45-28(34(22)35)11-25(17)39)9-20-10-33(51)54-15-24(20)38(46)53)43-18(2)19-7-21(8-19)55-16-42-31(48)13-41-37(52)27(5-6-32(49)50)44-30(47)12-40/h9,11,19,21,26-27,43H,2-8,10,12-16,39-40H2,1H3,(H,41,52)(H,42,48)(H,44,47)(H,49,50)/t19?,21?,26-,27-/m0/s1. The number of allylic oxidation sites excluding steroid dienone is 1. The number of nitrogens with zero attached hydrogens (tertiary/aromatic N) is 2. The normalized spacial score (nSPS) is 19.5. The van der Waals surface area contributed by atoms with E-state index in [1.165, 1.54) is 11.1 Å². The van der Waals surface area contributed by atoms with Crippen molar-refractivity contribution >= 4 is 53.9 Å². The Morgan fingerprint density at radius 3 is 2.67 bits per heavy atom. The van der Waals surface area contributed by atoms with E-state index in [0.29, 0.717) is 30.5 Å². The summed E-state index contributed by atoms with van der Waals surface area (Å²) in [5, 5.41) is 21.2. The molecule has 2 aliphatic carbocycles. The highest BCUT2D eigenvalue weighted by Gasteiger charge is 2.37. The number of aryl methyl sites for hydroxylation is 1. The first-order chi connectivity index (χ1) is 26.3. The van der Waals surface area contributed by atoms with Crippen molar-refractivity contribution in [3.63, 3.8) is 0 Å². The number of aliphatic carboxylic acids is 1. The van der Waals surface area contributed by atoms with Crippen molar-refractivity contribution in [3.05, 3.63) is 68.1 Å². The van der Waals surface area contributed by atoms with Gasteiger partial charge in [0.1, 0.15) is 27.2 Å². The number of benzene rings is 1. The number of hydrogen-bond acceptors (Lipinski definition) is 11. The number of nitrogens with one attached hydrogen (secondary N) is 4. The zero-order valence-corrected chi connectivity index (χ0v) is 30.8. The fraction of sp³-hybridized carbons (Fsp3) is 0.447. The number of carboxylic acid groups (broad SMARTS) is 1. The highest BCUT2D eigenvalue weighted by molar-refractivity contribution is 6.34. The lowest BCUT2D eigenvalue weighted by molar-refractivity contribution is -0.145. The molecule has 1 fully saturated rings. The summed E-state index contributed by atoms with van der Waals surface area (Å²) in [6.07, 6.45) is 2.55. The summed E-state index contributed by atoms with van der Waals surface area (Å²) < 4.78 is 12.8. The quantitative estimate of drug-likeness (QED) is 0.0516. The van der Waals surface area contributed by atoms with Gasteiger partial charge in [-0.05, 0) is 67.9 Å². The second kappa shape index (κ2) is 15.3. The minimum Gasteiger partial charge on any atom is -0.481 e. The summed E-state index contributed by atoms with van der Waals surface area (Å²) >= 11 is 0. The van der Waals surface area contributed by atoms with Crippen LogP contribution in [0.25, 0.3) is 22.3 Å². The lowest BCUT2D eigenvalue weighted by atomic mass is 9.76. The van der Waals surface area contributed by atoms with E-state index in [4.69, 9.17) is 25.3 Å². The number of carbonyl (C=O) groups excluding carboxylic acids is 4. The molecule has 2 aliphatic heterocycles. The number of ether oxygens (including phenoxy) is 2. The molecule has 0 saturated heterocycles. The van der Waals surface area contributed by atoms with Gasteiger partial charge in [0.2, 0.25) is 17.7 Å². The Kier molecular flexibility index (Phi) is 10.5. The number of carboxylic acids is 1. The molecule has 0 bridgehead atoms. The van der Waals surface area contributed by atoms with Crippen molar-refractivity contribution in [2.24, 2.45) is 11.7 Å². The molecule has 16 nitrogen and oxygen atoms in total. The van der Waals surface area contributed by atoms with Gasteiger partial charge < -0.3 is 46.1 Å². The fourth-order valence-corrected chi connectivity index (χ4v) is 8.10. The highest BCUT2D eigenvalue weighted by Crippen LogP contribution is 2.45. The number of carbonyl (C=O) groups is 5. The molecule has 4 aliphatic rings. The van der Waals surface area contributed by atoms with Gasteiger partial charge in [-0.1, -0.05) is 17.6 Å². The Bertz CT molecular complexity index is 2210. The second-order valence-corrected chi connectivity index (χ2v) is 14.7. The summed E-state index contributed by atoms with van der Waals surface area (Å²) in [5.41, 5.74) is 15.4. The first kappa shape index (κ1) is 37.8. The number of aromatic nitrogens is 2. The van der Waals surface area contributed by atoms with Gasteiger partial charge >= 0.3 is 11.9 Å². The van der Waals surface area contributed by atoms with Crippen LogP contribution in [0.5, 0.6) is 0 Å². The van der Waals surface area contributed by atoms with Crippen LogP contribution in [0.2, 0.25) is 0 Å². The molecule has 4 heterocycles. The Morgan fingerprint density at radius 1 is 1.15 bits per heavy atom. The van der Waals surface area contributed by atoms with Crippen LogP contribution in [0.1, 0.15) is 71.5 Å². The minimum atomic E-state index is -1.14. The molecule has 0 unspecified atom stereocenters. The zero-order chi connectivity index (χ0) is 39.1. The molecule has 1 aromatic carbocycles. The molecule has 3 amide bonds. The summed E-state index contributed by atoms with van der Waals surface area (Å²) in [4.78, 5) is 78.4. The average Bonchev–Trinajstić information content (AvgIpc) is 3.50. The van der Waals surface area contributed by atoms with E-state index in [0.717, 1.165) is 57.4 Å². The third-order valence-electron chi connectivity index (χ3n) is 11.3. The number of pyridine rings is 2. The monoisotopic (exact) mass is 753 g/mol. The molecule has 1 saturated carbocycles. The maximum Gasteiger partial charge on any atom is 0.310 e. The Morgan fingerprint density at radius 2 is 1.93 bits per heavy atom. The van der Waals surface area contributed by atoms with Crippen LogP contribution in [-0.4, -0.2) is 84.1 Å². The number of amides is 3. The Labute approximate surface area is 317 Å². The molecule has 288 valence electrons. The van der Waals surface area contributed by atoms with Gasteiger partial charge in [-0.3, -0.25) is 28.8 Å². The molecule has 0 radical (unpaired) electrons. The largest absolute Gasteiger partial charge is 0.481 e. The van der Waals surface area contributed by atoms with Crippen molar-refractivity contribution in [2.45, 2.75) is 83.2 Å². The van der Waals surface area contributed by atoms with Crippen molar-refractivity contribution < 1.29 is 38.6 Å². The Hall–Kier alpha value is -5.55. The lowest BCUT2D eigenvalue weighted by Gasteiger charge is -2.39. The SMILES string of the molecule is Bc1cc2nc3c(c4c2c(c1C)CC[C@@H]4NC(=C)C1CC(OCNC(=O)CNC(=O)[C@H](CCC(=O)O)NC(=O)CN)C1)Cn1c-3cc2c(c1=O)COC(=O)C2. The van der Waals surface area contributed by atoms with E-state index in [2.05, 4.69) is 48.7 Å². The van der Waals surface area contributed by atoms with Crippen LogP contribution in [0.3, 0.4) is 0 Å². The van der Waals surface area contributed by atoms with Gasteiger partial charge in [0, 0.05) is 29.0 Å². The Balaban J connectivity index is 0.972. The van der Waals surface area contributed by atoms with Crippen LogP contribution >= 0.6 is 0 Å². The molecule has 2 atom stereocenters. The molecule has 2 aromatic heterocycles. The van der Waals surface area contributed by atoms with Gasteiger partial charge in [0.25, 0.3) is 5.56 Å². The molecular formula is C38H44BN7O9. The number of cyclic esters (lactones) is 1. The topological polar surface area (TPSA) is 233 Å². The predicted molar refractivity (Wildman–Crippen MR) is 202 cm³/mol. The lowest BCUT2D eigenvalue weighted by Crippen LogP contribution is -2.50. The van der Waals surface area contributed by atoms with E-state index >= 15 is 0 Å². The fourth-order valence-electron chi connectivity index (χ4n) is 8.10. The average molecular weight is 754 g/mol. The molecule has 0 spiro atoms. The van der Waals surface area contributed by atoms with Gasteiger partial charge in [-0.2, -0.15) is 0 Å². The van der Waals surface area contributed by atoms with Crippen LogP contribution in [0.4, 0.5) is 0 Å². The molecule has 7 N–H and O–H groups in total. The van der Waals surface area contributed by atoms with Crippen LogP contribution < -0.4 is 38.0 Å². The van der Waals surface area contributed by atoms with E-state index in [1.807, 2.05) is 6.07 Å².